The van der Waals surface area contributed by atoms with Crippen LogP contribution in [0.1, 0.15) is 11.1 Å². The summed E-state index contributed by atoms with van der Waals surface area (Å²) in [5, 5.41) is 11.9. The Kier molecular flexibility index (Phi) is 5.68. The van der Waals surface area contributed by atoms with Crippen LogP contribution < -0.4 is 10.1 Å². The molecule has 2 rings (SSSR count). The quantitative estimate of drug-likeness (QED) is 0.803. The Morgan fingerprint density at radius 3 is 2.74 bits per heavy atom. The number of para-hydroxylation sites is 1. The molecular weight excluding hydrogens is 304 g/mol. The van der Waals surface area contributed by atoms with E-state index in [1.165, 1.54) is 30.4 Å². The molecule has 4 nitrogen and oxygen atoms in total. The first-order valence-corrected chi connectivity index (χ1v) is 6.82. The molecule has 0 heterocycles. The van der Waals surface area contributed by atoms with Crippen molar-refractivity contribution in [2.24, 2.45) is 0 Å². The summed E-state index contributed by atoms with van der Waals surface area (Å²) < 4.78 is 29.0. The molecule has 0 aliphatic carbocycles. The second kappa shape index (κ2) is 7.93. The molecule has 23 heavy (non-hydrogen) atoms. The molecule has 120 valence electrons. The normalized spacial score (nSPS) is 10.9. The summed E-state index contributed by atoms with van der Waals surface area (Å²) in [7, 11) is 0. The topological polar surface area (TPSA) is 58.6 Å². The van der Waals surface area contributed by atoms with Gasteiger partial charge >= 0.3 is 6.61 Å². The zero-order valence-corrected chi connectivity index (χ0v) is 12.1. The van der Waals surface area contributed by atoms with Crippen LogP contribution in [0.5, 0.6) is 11.5 Å². The summed E-state index contributed by atoms with van der Waals surface area (Å²) in [5.74, 6) is -0.259. The minimum absolute atomic E-state index is 0.0276. The van der Waals surface area contributed by atoms with Gasteiger partial charge in [0, 0.05) is 18.2 Å². The summed E-state index contributed by atoms with van der Waals surface area (Å²) in [6, 6.07) is 12.7. The van der Waals surface area contributed by atoms with Crippen LogP contribution in [0.3, 0.4) is 0 Å². The third-order valence-corrected chi connectivity index (χ3v) is 2.94. The van der Waals surface area contributed by atoms with Crippen molar-refractivity contribution < 1.29 is 23.4 Å². The van der Waals surface area contributed by atoms with E-state index in [0.29, 0.717) is 11.1 Å². The lowest BCUT2D eigenvalue weighted by molar-refractivity contribution is -0.116. The van der Waals surface area contributed by atoms with E-state index in [1.807, 2.05) is 0 Å². The number of carbonyl (C=O) groups is 1. The van der Waals surface area contributed by atoms with Crippen LogP contribution in [0.25, 0.3) is 6.08 Å². The minimum atomic E-state index is -2.92. The molecular formula is C17H15F2NO3. The van der Waals surface area contributed by atoms with Gasteiger partial charge < -0.3 is 15.2 Å². The van der Waals surface area contributed by atoms with Crippen molar-refractivity contribution in [1.29, 1.82) is 0 Å². The highest BCUT2D eigenvalue weighted by atomic mass is 19.3. The number of hydrogen-bond donors (Lipinski definition) is 2. The second-order valence-electron chi connectivity index (χ2n) is 4.63. The van der Waals surface area contributed by atoms with E-state index in [-0.39, 0.29) is 24.0 Å². The van der Waals surface area contributed by atoms with E-state index >= 15 is 0 Å². The third-order valence-electron chi connectivity index (χ3n) is 2.94. The van der Waals surface area contributed by atoms with E-state index in [2.05, 4.69) is 10.1 Å². The maximum Gasteiger partial charge on any atom is 0.387 e. The number of halogens is 2. The number of rotatable bonds is 6. The van der Waals surface area contributed by atoms with E-state index < -0.39 is 6.61 Å². The standard InChI is InChI=1S/C17H15F2NO3/c18-17(19)23-15-7-2-1-5-13(15)11-20-16(22)9-8-12-4-3-6-14(21)10-12/h1-10,17,21H,11H2,(H,20,22)/b9-8+. The van der Waals surface area contributed by atoms with Crippen LogP contribution in [0.2, 0.25) is 0 Å². The van der Waals surface area contributed by atoms with Gasteiger partial charge in [0.05, 0.1) is 0 Å². The Hall–Kier alpha value is -2.89. The zero-order valence-electron chi connectivity index (χ0n) is 12.1. The summed E-state index contributed by atoms with van der Waals surface area (Å²) >= 11 is 0. The van der Waals surface area contributed by atoms with Crippen molar-refractivity contribution in [3.63, 3.8) is 0 Å². The van der Waals surface area contributed by atoms with Crippen LogP contribution in [0, 0.1) is 0 Å². The number of amides is 1. The van der Waals surface area contributed by atoms with Crippen molar-refractivity contribution in [2.75, 3.05) is 0 Å². The number of alkyl halides is 2. The SMILES string of the molecule is O=C(/C=C/c1cccc(O)c1)NCc1ccccc1OC(F)F. The van der Waals surface area contributed by atoms with Gasteiger partial charge in [-0.25, -0.2) is 0 Å². The average Bonchev–Trinajstić information content (AvgIpc) is 2.51. The molecule has 6 heteroatoms. The van der Waals surface area contributed by atoms with Gasteiger partial charge in [-0.05, 0) is 29.8 Å². The maximum atomic E-state index is 12.3. The number of phenolic OH excluding ortho intramolecular Hbond substituents is 1. The molecule has 0 bridgehead atoms. The van der Waals surface area contributed by atoms with E-state index in [4.69, 9.17) is 0 Å². The Balaban J connectivity index is 1.94. The van der Waals surface area contributed by atoms with Gasteiger partial charge in [-0.3, -0.25) is 4.79 Å². The highest BCUT2D eigenvalue weighted by Gasteiger charge is 2.09. The molecule has 0 atom stereocenters. The van der Waals surface area contributed by atoms with Gasteiger partial charge in [-0.1, -0.05) is 30.3 Å². The number of ether oxygens (including phenoxy) is 1. The van der Waals surface area contributed by atoms with Crippen molar-refractivity contribution >= 4 is 12.0 Å². The molecule has 0 saturated heterocycles. The van der Waals surface area contributed by atoms with Gasteiger partial charge in [0.1, 0.15) is 11.5 Å². The van der Waals surface area contributed by atoms with E-state index in [1.54, 1.807) is 30.3 Å². The smallest absolute Gasteiger partial charge is 0.387 e. The summed E-state index contributed by atoms with van der Waals surface area (Å²) in [6.45, 7) is -2.86. The lowest BCUT2D eigenvalue weighted by Crippen LogP contribution is -2.21. The Morgan fingerprint density at radius 2 is 2.00 bits per heavy atom. The monoisotopic (exact) mass is 319 g/mol. The molecule has 0 saturated carbocycles. The first-order valence-electron chi connectivity index (χ1n) is 6.82. The van der Waals surface area contributed by atoms with Crippen molar-refractivity contribution in [2.45, 2.75) is 13.2 Å². The fourth-order valence-corrected chi connectivity index (χ4v) is 1.90. The van der Waals surface area contributed by atoms with E-state index in [9.17, 15) is 18.7 Å². The summed E-state index contributed by atoms with van der Waals surface area (Å²) in [6.07, 6.45) is 2.84. The van der Waals surface area contributed by atoms with Gasteiger partial charge in [0.2, 0.25) is 5.91 Å². The second-order valence-corrected chi connectivity index (χ2v) is 4.63. The predicted molar refractivity (Wildman–Crippen MR) is 82.1 cm³/mol. The van der Waals surface area contributed by atoms with E-state index in [0.717, 1.165) is 0 Å². The largest absolute Gasteiger partial charge is 0.508 e. The molecule has 0 unspecified atom stereocenters. The molecule has 0 radical (unpaired) electrons. The first-order chi connectivity index (χ1) is 11.0. The van der Waals surface area contributed by atoms with Crippen LogP contribution in [0.15, 0.2) is 54.6 Å². The van der Waals surface area contributed by atoms with Crippen LogP contribution in [-0.2, 0) is 11.3 Å². The Bertz CT molecular complexity index is 702. The zero-order chi connectivity index (χ0) is 16.7. The minimum Gasteiger partial charge on any atom is -0.508 e. The lowest BCUT2D eigenvalue weighted by Gasteiger charge is -2.10. The molecule has 0 aliphatic heterocycles. The van der Waals surface area contributed by atoms with Crippen LogP contribution in [0.4, 0.5) is 8.78 Å². The number of aromatic hydroxyl groups is 1. The molecule has 0 spiro atoms. The van der Waals surface area contributed by atoms with Crippen molar-refractivity contribution in [3.05, 3.63) is 65.7 Å². The number of carbonyl (C=O) groups excluding carboxylic acids is 1. The fourth-order valence-electron chi connectivity index (χ4n) is 1.90. The molecule has 0 aromatic heterocycles. The van der Waals surface area contributed by atoms with Gasteiger partial charge in [0.25, 0.3) is 0 Å². The lowest BCUT2D eigenvalue weighted by atomic mass is 10.2. The number of hydrogen-bond acceptors (Lipinski definition) is 3. The molecule has 2 N–H and O–H groups in total. The predicted octanol–water partition coefficient (Wildman–Crippen LogP) is 3.32. The fraction of sp³-hybridized carbons (Fsp3) is 0.118. The highest BCUT2D eigenvalue weighted by Crippen LogP contribution is 2.20. The first kappa shape index (κ1) is 16.5. The molecule has 0 aliphatic rings. The molecule has 1 amide bonds. The van der Waals surface area contributed by atoms with Crippen LogP contribution in [-0.4, -0.2) is 17.6 Å². The third kappa shape index (κ3) is 5.43. The van der Waals surface area contributed by atoms with Crippen molar-refractivity contribution in [3.8, 4) is 11.5 Å². The van der Waals surface area contributed by atoms with Gasteiger partial charge in [-0.2, -0.15) is 8.78 Å². The Morgan fingerprint density at radius 1 is 1.22 bits per heavy atom. The summed E-state index contributed by atoms with van der Waals surface area (Å²) in [4.78, 5) is 11.8. The molecule has 0 fully saturated rings. The maximum absolute atomic E-state index is 12.3. The number of nitrogens with one attached hydrogen (secondary N) is 1. The molecule has 2 aromatic rings. The highest BCUT2D eigenvalue weighted by molar-refractivity contribution is 5.91. The molecule has 2 aromatic carbocycles. The van der Waals surface area contributed by atoms with Gasteiger partial charge in [-0.15, -0.1) is 0 Å². The van der Waals surface area contributed by atoms with Crippen molar-refractivity contribution in [1.82, 2.24) is 5.32 Å². The van der Waals surface area contributed by atoms with Crippen LogP contribution >= 0.6 is 0 Å². The summed E-state index contributed by atoms with van der Waals surface area (Å²) in [5.41, 5.74) is 1.12. The number of phenols is 1. The Labute approximate surface area is 132 Å². The van der Waals surface area contributed by atoms with Gasteiger partial charge in [0.15, 0.2) is 0 Å². The number of benzene rings is 2. The average molecular weight is 319 g/mol.